The Morgan fingerprint density at radius 2 is 1.71 bits per heavy atom. The van der Waals surface area contributed by atoms with Gasteiger partial charge in [-0.05, 0) is 48.8 Å². The first-order valence-electron chi connectivity index (χ1n) is 8.56. The van der Waals surface area contributed by atoms with Gasteiger partial charge in [0.25, 0.3) is 0 Å². The first-order valence-corrected chi connectivity index (χ1v) is 9.64. The van der Waals surface area contributed by atoms with E-state index in [0.717, 1.165) is 31.0 Å². The molecule has 1 aromatic heterocycles. The maximum Gasteiger partial charge on any atom is 0.143 e. The molecule has 0 aromatic carbocycles. The van der Waals surface area contributed by atoms with Gasteiger partial charge in [-0.25, -0.2) is 9.97 Å². The lowest BCUT2D eigenvalue weighted by molar-refractivity contribution is 0.441. The molecule has 0 spiro atoms. The maximum absolute atomic E-state index is 4.94. The number of rotatable bonds is 5. The van der Waals surface area contributed by atoms with Gasteiger partial charge in [0.2, 0.25) is 0 Å². The largest absolute Gasteiger partial charge is 0.369 e. The highest BCUT2D eigenvalue weighted by Gasteiger charge is 2.19. The molecule has 0 amide bonds. The van der Waals surface area contributed by atoms with Crippen molar-refractivity contribution in [3.8, 4) is 0 Å². The Balaban J connectivity index is 2.27. The molecule has 1 aliphatic rings. The Bertz CT molecular complexity index is 413. The zero-order chi connectivity index (χ0) is 15.1. The molecule has 0 saturated heterocycles. The lowest BCUT2D eigenvalue weighted by atomic mass is 9.90. The van der Waals surface area contributed by atoms with Crippen molar-refractivity contribution < 1.29 is 0 Å². The Kier molecular flexibility index (Phi) is 7.20. The molecule has 1 aromatic rings. The van der Waals surface area contributed by atoms with Gasteiger partial charge in [0.1, 0.15) is 11.6 Å². The second-order valence-electron chi connectivity index (χ2n) is 6.01. The Morgan fingerprint density at radius 1 is 1.05 bits per heavy atom. The summed E-state index contributed by atoms with van der Waals surface area (Å²) in [6.45, 7) is 5.27. The Hall–Kier alpha value is -0.390. The molecule has 0 atom stereocenters. The monoisotopic (exact) mass is 401 g/mol. The average Bonchev–Trinajstić information content (AvgIpc) is 2.43. The van der Waals surface area contributed by atoms with Gasteiger partial charge in [0, 0.05) is 12.5 Å². The molecule has 3 nitrogen and oxygen atoms in total. The van der Waals surface area contributed by atoms with Crippen molar-refractivity contribution in [2.24, 2.45) is 0 Å². The van der Waals surface area contributed by atoms with Crippen LogP contribution >= 0.6 is 22.6 Å². The summed E-state index contributed by atoms with van der Waals surface area (Å²) in [6, 6.07) is 0. The zero-order valence-electron chi connectivity index (χ0n) is 13.4. The third-order valence-electron chi connectivity index (χ3n) is 4.24. The van der Waals surface area contributed by atoms with Crippen LogP contribution in [-0.2, 0) is 6.42 Å². The van der Waals surface area contributed by atoms with Gasteiger partial charge in [-0.3, -0.25) is 0 Å². The fourth-order valence-corrected chi connectivity index (χ4v) is 3.80. The van der Waals surface area contributed by atoms with E-state index in [-0.39, 0.29) is 0 Å². The van der Waals surface area contributed by atoms with Crippen LogP contribution in [0.3, 0.4) is 0 Å². The fourth-order valence-electron chi connectivity index (χ4n) is 3.10. The molecule has 118 valence electrons. The van der Waals surface area contributed by atoms with E-state index in [1.54, 1.807) is 0 Å². The first-order chi connectivity index (χ1) is 10.3. The van der Waals surface area contributed by atoms with Gasteiger partial charge in [0.05, 0.1) is 9.26 Å². The van der Waals surface area contributed by atoms with Crippen LogP contribution < -0.4 is 5.32 Å². The molecule has 21 heavy (non-hydrogen) atoms. The van der Waals surface area contributed by atoms with Gasteiger partial charge >= 0.3 is 0 Å². The average molecular weight is 401 g/mol. The Morgan fingerprint density at radius 3 is 2.33 bits per heavy atom. The van der Waals surface area contributed by atoms with Crippen LogP contribution in [-0.4, -0.2) is 16.5 Å². The van der Waals surface area contributed by atoms with Crippen LogP contribution in [0.15, 0.2) is 0 Å². The quantitative estimate of drug-likeness (QED) is 0.681. The number of hydrogen-bond acceptors (Lipinski definition) is 3. The minimum absolute atomic E-state index is 0.565. The van der Waals surface area contributed by atoms with Crippen molar-refractivity contribution in [3.05, 3.63) is 15.1 Å². The topological polar surface area (TPSA) is 37.8 Å². The van der Waals surface area contributed by atoms with E-state index in [1.807, 2.05) is 0 Å². The summed E-state index contributed by atoms with van der Waals surface area (Å²) < 4.78 is 1.21. The fraction of sp³-hybridized carbons (Fsp3) is 0.765. The molecule has 1 N–H and O–H groups in total. The highest BCUT2D eigenvalue weighted by atomic mass is 127. The van der Waals surface area contributed by atoms with E-state index in [2.05, 4.69) is 41.8 Å². The van der Waals surface area contributed by atoms with Crippen molar-refractivity contribution in [1.29, 1.82) is 0 Å². The number of aryl methyl sites for hydroxylation is 1. The van der Waals surface area contributed by atoms with E-state index in [1.165, 1.54) is 54.2 Å². The van der Waals surface area contributed by atoms with Crippen LogP contribution in [0, 0.1) is 3.57 Å². The third kappa shape index (κ3) is 4.80. The Labute approximate surface area is 142 Å². The van der Waals surface area contributed by atoms with Crippen LogP contribution in [0.2, 0.25) is 0 Å². The normalized spacial score (nSPS) is 17.3. The van der Waals surface area contributed by atoms with Crippen LogP contribution in [0.4, 0.5) is 5.82 Å². The molecule has 1 saturated carbocycles. The molecule has 0 aliphatic heterocycles. The molecule has 0 unspecified atom stereocenters. The summed E-state index contributed by atoms with van der Waals surface area (Å²) in [5, 5.41) is 3.42. The van der Waals surface area contributed by atoms with E-state index in [0.29, 0.717) is 5.92 Å². The van der Waals surface area contributed by atoms with Crippen LogP contribution in [0.25, 0.3) is 0 Å². The summed E-state index contributed by atoms with van der Waals surface area (Å²) in [5.74, 6) is 2.71. The van der Waals surface area contributed by atoms with Crippen LogP contribution in [0.1, 0.15) is 82.7 Å². The standard InChI is InChI=1S/C17H28IN3/c1-3-10-14-15(18)17(19-4-2)21-16(20-14)13-11-8-6-5-7-9-12-13/h13H,3-12H2,1-2H3,(H,19,20,21). The number of hydrogen-bond donors (Lipinski definition) is 1. The van der Waals surface area contributed by atoms with Gasteiger partial charge in [-0.1, -0.05) is 45.4 Å². The lowest BCUT2D eigenvalue weighted by Crippen LogP contribution is -2.13. The van der Waals surface area contributed by atoms with Gasteiger partial charge in [0.15, 0.2) is 0 Å². The number of aromatic nitrogens is 2. The van der Waals surface area contributed by atoms with Crippen molar-refractivity contribution in [2.75, 3.05) is 11.9 Å². The van der Waals surface area contributed by atoms with Crippen molar-refractivity contribution in [3.63, 3.8) is 0 Å². The van der Waals surface area contributed by atoms with Crippen LogP contribution in [0.5, 0.6) is 0 Å². The lowest BCUT2D eigenvalue weighted by Gasteiger charge is -2.20. The second kappa shape index (κ2) is 8.91. The highest BCUT2D eigenvalue weighted by Crippen LogP contribution is 2.31. The summed E-state index contributed by atoms with van der Waals surface area (Å²) >= 11 is 2.40. The molecule has 1 heterocycles. The summed E-state index contributed by atoms with van der Waals surface area (Å²) in [6.07, 6.45) is 11.5. The van der Waals surface area contributed by atoms with Gasteiger partial charge < -0.3 is 5.32 Å². The molecule has 1 fully saturated rings. The predicted octanol–water partition coefficient (Wildman–Crippen LogP) is 5.29. The number of halogens is 1. The second-order valence-corrected chi connectivity index (χ2v) is 7.09. The third-order valence-corrected chi connectivity index (χ3v) is 5.37. The number of nitrogens with zero attached hydrogens (tertiary/aromatic N) is 2. The summed E-state index contributed by atoms with van der Waals surface area (Å²) in [4.78, 5) is 9.81. The highest BCUT2D eigenvalue weighted by molar-refractivity contribution is 14.1. The minimum Gasteiger partial charge on any atom is -0.369 e. The van der Waals surface area contributed by atoms with E-state index < -0.39 is 0 Å². The van der Waals surface area contributed by atoms with Gasteiger partial charge in [-0.2, -0.15) is 0 Å². The molecule has 2 rings (SSSR count). The minimum atomic E-state index is 0.565. The predicted molar refractivity (Wildman–Crippen MR) is 98.0 cm³/mol. The zero-order valence-corrected chi connectivity index (χ0v) is 15.6. The van der Waals surface area contributed by atoms with Crippen molar-refractivity contribution in [2.45, 2.75) is 77.6 Å². The van der Waals surface area contributed by atoms with E-state index in [4.69, 9.17) is 9.97 Å². The van der Waals surface area contributed by atoms with Crippen molar-refractivity contribution in [1.82, 2.24) is 9.97 Å². The van der Waals surface area contributed by atoms with E-state index >= 15 is 0 Å². The summed E-state index contributed by atoms with van der Waals surface area (Å²) in [5.41, 5.74) is 1.24. The molecular formula is C17H28IN3. The van der Waals surface area contributed by atoms with E-state index in [9.17, 15) is 0 Å². The molecule has 1 aliphatic carbocycles. The van der Waals surface area contributed by atoms with Crippen molar-refractivity contribution >= 4 is 28.4 Å². The maximum atomic E-state index is 4.94. The molecule has 0 bridgehead atoms. The smallest absolute Gasteiger partial charge is 0.143 e. The summed E-state index contributed by atoms with van der Waals surface area (Å²) in [7, 11) is 0. The number of anilines is 1. The SMILES string of the molecule is CCCc1nc(C2CCCCCCC2)nc(NCC)c1I. The van der Waals surface area contributed by atoms with Gasteiger partial charge in [-0.15, -0.1) is 0 Å². The molecule has 4 heteroatoms. The molecule has 0 radical (unpaired) electrons. The first kappa shape index (κ1) is 17.0. The number of nitrogens with one attached hydrogen (secondary N) is 1. The molecular weight excluding hydrogens is 373 g/mol.